The molecular formula is C16H26N4. The largest absolute Gasteiger partial charge is 0.399 e. The average molecular weight is 274 g/mol. The molecule has 0 radical (unpaired) electrons. The Kier molecular flexibility index (Phi) is 8.75. The van der Waals surface area contributed by atoms with E-state index in [9.17, 15) is 0 Å². The van der Waals surface area contributed by atoms with Crippen LogP contribution in [-0.2, 0) is 0 Å². The molecule has 4 heteroatoms. The number of rotatable bonds is 2. The summed E-state index contributed by atoms with van der Waals surface area (Å²) in [6, 6.07) is 7.58. The zero-order valence-electron chi connectivity index (χ0n) is 13.4. The summed E-state index contributed by atoms with van der Waals surface area (Å²) in [6.45, 7) is 11.8. The molecule has 0 saturated carbocycles. The zero-order valence-corrected chi connectivity index (χ0v) is 13.4. The van der Waals surface area contributed by atoms with Crippen LogP contribution in [0.15, 0.2) is 30.5 Å². The molecule has 0 aliphatic carbocycles. The Morgan fingerprint density at radius 1 is 1.05 bits per heavy atom. The van der Waals surface area contributed by atoms with Crippen LogP contribution in [0, 0.1) is 13.8 Å². The van der Waals surface area contributed by atoms with E-state index in [1.807, 2.05) is 65.8 Å². The highest BCUT2D eigenvalue weighted by Gasteiger charge is 2.01. The van der Waals surface area contributed by atoms with Gasteiger partial charge in [-0.2, -0.15) is 0 Å². The number of nitrogen functional groups attached to an aromatic ring is 1. The molecule has 0 aliphatic rings. The molecule has 0 atom stereocenters. The van der Waals surface area contributed by atoms with Crippen LogP contribution < -0.4 is 11.1 Å². The lowest BCUT2D eigenvalue weighted by Gasteiger charge is -2.09. The number of anilines is 3. The Morgan fingerprint density at radius 2 is 1.70 bits per heavy atom. The molecule has 0 bridgehead atoms. The van der Waals surface area contributed by atoms with E-state index in [1.54, 1.807) is 6.20 Å². The lowest BCUT2D eigenvalue weighted by molar-refractivity contribution is 1.04. The molecule has 2 rings (SSSR count). The number of nitrogens with zero attached hydrogens (tertiary/aromatic N) is 2. The SMILES string of the molecule is CC.CC.Cc1ncc(C)c(Nc2cccc(N)c2)n1. The highest BCUT2D eigenvalue weighted by molar-refractivity contribution is 5.62. The first-order valence-electron chi connectivity index (χ1n) is 7.08. The number of hydrogen-bond donors (Lipinski definition) is 2. The first-order chi connectivity index (χ1) is 9.65. The summed E-state index contributed by atoms with van der Waals surface area (Å²) in [5.41, 5.74) is 8.38. The van der Waals surface area contributed by atoms with Gasteiger partial charge in [0.25, 0.3) is 0 Å². The minimum atomic E-state index is 0.730. The van der Waals surface area contributed by atoms with Crippen molar-refractivity contribution in [2.75, 3.05) is 11.1 Å². The van der Waals surface area contributed by atoms with E-state index in [2.05, 4.69) is 15.3 Å². The molecule has 1 heterocycles. The van der Waals surface area contributed by atoms with Crippen LogP contribution in [0.25, 0.3) is 0 Å². The molecule has 3 N–H and O–H groups in total. The van der Waals surface area contributed by atoms with Crippen LogP contribution in [0.4, 0.5) is 17.2 Å². The van der Waals surface area contributed by atoms with Crippen molar-refractivity contribution in [3.05, 3.63) is 41.9 Å². The summed E-state index contributed by atoms with van der Waals surface area (Å²) < 4.78 is 0. The number of nitrogens with two attached hydrogens (primary N) is 1. The molecule has 0 saturated heterocycles. The fraction of sp³-hybridized carbons (Fsp3) is 0.375. The van der Waals surface area contributed by atoms with Gasteiger partial charge in [0, 0.05) is 23.1 Å². The maximum atomic E-state index is 5.71. The Bertz CT molecular complexity index is 510. The highest BCUT2D eigenvalue weighted by Crippen LogP contribution is 2.19. The topological polar surface area (TPSA) is 63.8 Å². The monoisotopic (exact) mass is 274 g/mol. The maximum Gasteiger partial charge on any atom is 0.136 e. The lowest BCUT2D eigenvalue weighted by atomic mass is 10.2. The minimum absolute atomic E-state index is 0.730. The number of benzene rings is 1. The molecule has 0 unspecified atom stereocenters. The zero-order chi connectivity index (χ0) is 15.5. The van der Waals surface area contributed by atoms with Crippen molar-refractivity contribution in [3.63, 3.8) is 0 Å². The Balaban J connectivity index is 0.000000829. The summed E-state index contributed by atoms with van der Waals surface area (Å²) in [5.74, 6) is 1.56. The summed E-state index contributed by atoms with van der Waals surface area (Å²) in [4.78, 5) is 8.46. The van der Waals surface area contributed by atoms with E-state index in [0.29, 0.717) is 0 Å². The van der Waals surface area contributed by atoms with Gasteiger partial charge in [0.2, 0.25) is 0 Å². The Hall–Kier alpha value is -2.10. The first kappa shape index (κ1) is 17.9. The normalized spacial score (nSPS) is 8.70. The Morgan fingerprint density at radius 3 is 2.30 bits per heavy atom. The second kappa shape index (κ2) is 9.78. The third kappa shape index (κ3) is 5.69. The molecule has 0 spiro atoms. The molecule has 0 aliphatic heterocycles. The van der Waals surface area contributed by atoms with Crippen molar-refractivity contribution < 1.29 is 0 Å². The van der Waals surface area contributed by atoms with Gasteiger partial charge in [-0.3, -0.25) is 0 Å². The molecule has 20 heavy (non-hydrogen) atoms. The number of aromatic nitrogens is 2. The third-order valence-corrected chi connectivity index (χ3v) is 2.24. The van der Waals surface area contributed by atoms with E-state index < -0.39 is 0 Å². The van der Waals surface area contributed by atoms with Crippen molar-refractivity contribution in [1.82, 2.24) is 9.97 Å². The third-order valence-electron chi connectivity index (χ3n) is 2.24. The predicted molar refractivity (Wildman–Crippen MR) is 88.3 cm³/mol. The van der Waals surface area contributed by atoms with Crippen LogP contribution in [0.3, 0.4) is 0 Å². The van der Waals surface area contributed by atoms with Crippen LogP contribution >= 0.6 is 0 Å². The predicted octanol–water partition coefficient (Wildman–Crippen LogP) is 4.47. The van der Waals surface area contributed by atoms with Gasteiger partial charge in [0.05, 0.1) is 0 Å². The average Bonchev–Trinajstić information content (AvgIpc) is 2.47. The van der Waals surface area contributed by atoms with E-state index in [1.165, 1.54) is 0 Å². The van der Waals surface area contributed by atoms with Crippen LogP contribution in [0.5, 0.6) is 0 Å². The fourth-order valence-corrected chi connectivity index (χ4v) is 1.41. The van der Waals surface area contributed by atoms with E-state index in [4.69, 9.17) is 5.73 Å². The number of nitrogens with one attached hydrogen (secondary N) is 1. The van der Waals surface area contributed by atoms with Gasteiger partial charge in [-0.05, 0) is 32.0 Å². The molecule has 2 aromatic rings. The molecule has 0 amide bonds. The van der Waals surface area contributed by atoms with Gasteiger partial charge in [0.1, 0.15) is 11.6 Å². The first-order valence-corrected chi connectivity index (χ1v) is 7.08. The van der Waals surface area contributed by atoms with Gasteiger partial charge in [-0.25, -0.2) is 9.97 Å². The van der Waals surface area contributed by atoms with Crippen LogP contribution in [0.2, 0.25) is 0 Å². The summed E-state index contributed by atoms with van der Waals surface area (Å²) >= 11 is 0. The molecule has 1 aromatic carbocycles. The smallest absolute Gasteiger partial charge is 0.136 e. The molecule has 4 nitrogen and oxygen atoms in total. The van der Waals surface area contributed by atoms with Crippen molar-refractivity contribution in [3.8, 4) is 0 Å². The van der Waals surface area contributed by atoms with E-state index >= 15 is 0 Å². The Labute approximate surface area is 122 Å². The van der Waals surface area contributed by atoms with Gasteiger partial charge in [-0.1, -0.05) is 33.8 Å². The second-order valence-electron chi connectivity index (χ2n) is 3.70. The second-order valence-corrected chi connectivity index (χ2v) is 3.70. The molecule has 1 aromatic heterocycles. The number of aryl methyl sites for hydroxylation is 2. The fourth-order valence-electron chi connectivity index (χ4n) is 1.41. The quantitative estimate of drug-likeness (QED) is 0.793. The molecule has 110 valence electrons. The summed E-state index contributed by atoms with van der Waals surface area (Å²) in [6.07, 6.45) is 1.80. The van der Waals surface area contributed by atoms with Gasteiger partial charge in [0.15, 0.2) is 0 Å². The van der Waals surface area contributed by atoms with E-state index in [-0.39, 0.29) is 0 Å². The van der Waals surface area contributed by atoms with Gasteiger partial charge >= 0.3 is 0 Å². The van der Waals surface area contributed by atoms with Crippen LogP contribution in [0.1, 0.15) is 39.1 Å². The highest BCUT2D eigenvalue weighted by atomic mass is 15.0. The standard InChI is InChI=1S/C12H14N4.2C2H6/c1-8-7-14-9(2)15-12(8)16-11-5-3-4-10(13)6-11;2*1-2/h3-7H,13H2,1-2H3,(H,14,15,16);2*1-2H3. The summed E-state index contributed by atoms with van der Waals surface area (Å²) in [7, 11) is 0. The van der Waals surface area contributed by atoms with Gasteiger partial charge < -0.3 is 11.1 Å². The van der Waals surface area contributed by atoms with Gasteiger partial charge in [-0.15, -0.1) is 0 Å². The molecule has 0 fully saturated rings. The van der Waals surface area contributed by atoms with Crippen LogP contribution in [-0.4, -0.2) is 9.97 Å². The van der Waals surface area contributed by atoms with Crippen molar-refractivity contribution in [1.29, 1.82) is 0 Å². The van der Waals surface area contributed by atoms with Crippen molar-refractivity contribution >= 4 is 17.2 Å². The van der Waals surface area contributed by atoms with Crippen molar-refractivity contribution in [2.45, 2.75) is 41.5 Å². The minimum Gasteiger partial charge on any atom is -0.399 e. The van der Waals surface area contributed by atoms with Crippen molar-refractivity contribution in [2.24, 2.45) is 0 Å². The summed E-state index contributed by atoms with van der Waals surface area (Å²) in [5, 5.41) is 3.22. The number of hydrogen-bond acceptors (Lipinski definition) is 4. The maximum absolute atomic E-state index is 5.71. The van der Waals surface area contributed by atoms with E-state index in [0.717, 1.165) is 28.6 Å². The lowest BCUT2D eigenvalue weighted by Crippen LogP contribution is -2.00. The molecular weight excluding hydrogens is 248 g/mol.